The van der Waals surface area contributed by atoms with Crippen molar-refractivity contribution in [2.75, 3.05) is 19.6 Å². The zero-order chi connectivity index (χ0) is 15.8. The van der Waals surface area contributed by atoms with Gasteiger partial charge >= 0.3 is 0 Å². The van der Waals surface area contributed by atoms with Crippen LogP contribution in [0.3, 0.4) is 0 Å². The molecule has 0 fully saturated rings. The minimum absolute atomic E-state index is 0.487. The maximum atomic E-state index is 4.57. The Bertz CT molecular complexity index is 393. The Morgan fingerprint density at radius 1 is 1.24 bits per heavy atom. The molecule has 0 saturated carbocycles. The molecule has 4 heteroatoms. The van der Waals surface area contributed by atoms with Gasteiger partial charge in [-0.3, -0.25) is 4.68 Å². The molecule has 0 saturated heterocycles. The first-order valence-electron chi connectivity index (χ1n) is 8.46. The molecule has 1 rings (SSSR count). The van der Waals surface area contributed by atoms with E-state index < -0.39 is 0 Å². The van der Waals surface area contributed by atoms with E-state index in [1.165, 1.54) is 30.6 Å². The summed E-state index contributed by atoms with van der Waals surface area (Å²) in [5, 5.41) is 8.21. The highest BCUT2D eigenvalue weighted by Crippen LogP contribution is 2.17. The highest BCUT2D eigenvalue weighted by molar-refractivity contribution is 5.20. The molecule has 21 heavy (non-hydrogen) atoms. The second-order valence-corrected chi connectivity index (χ2v) is 6.32. The fourth-order valence-electron chi connectivity index (χ4n) is 2.72. The van der Waals surface area contributed by atoms with Gasteiger partial charge in [-0.15, -0.1) is 0 Å². The van der Waals surface area contributed by atoms with Crippen molar-refractivity contribution in [3.8, 4) is 0 Å². The predicted octanol–water partition coefficient (Wildman–Crippen LogP) is 3.14. The number of hydrogen-bond acceptors (Lipinski definition) is 3. The van der Waals surface area contributed by atoms with Gasteiger partial charge in [-0.2, -0.15) is 5.10 Å². The maximum Gasteiger partial charge on any atom is 0.0694 e. The maximum absolute atomic E-state index is 4.57. The summed E-state index contributed by atoms with van der Waals surface area (Å²) >= 11 is 0. The quantitative estimate of drug-likeness (QED) is 0.719. The van der Waals surface area contributed by atoms with Crippen LogP contribution in [0.2, 0.25) is 0 Å². The lowest BCUT2D eigenvalue weighted by atomic mass is 10.1. The van der Waals surface area contributed by atoms with Crippen LogP contribution in [0, 0.1) is 0 Å². The first kappa shape index (κ1) is 18.2. The standard InChI is InChI=1S/C17H34N4/c1-7-21(8-2)11-9-10-15(5)18-12-16-13-20(6)19-17(16)14(3)4/h13-15,18H,7-12H2,1-6H3. The molecular weight excluding hydrogens is 260 g/mol. The van der Waals surface area contributed by atoms with Crippen molar-refractivity contribution in [3.05, 3.63) is 17.5 Å². The third kappa shape index (κ3) is 6.18. The molecule has 0 spiro atoms. The first-order valence-corrected chi connectivity index (χ1v) is 8.46. The van der Waals surface area contributed by atoms with Crippen LogP contribution in [-0.4, -0.2) is 40.4 Å². The topological polar surface area (TPSA) is 33.1 Å². The van der Waals surface area contributed by atoms with Crippen molar-refractivity contribution in [3.63, 3.8) is 0 Å². The van der Waals surface area contributed by atoms with Gasteiger partial charge in [0.1, 0.15) is 0 Å². The molecule has 1 atom stereocenters. The van der Waals surface area contributed by atoms with Gasteiger partial charge in [0, 0.05) is 31.4 Å². The summed E-state index contributed by atoms with van der Waals surface area (Å²) in [6.45, 7) is 15.6. The SMILES string of the molecule is CCN(CC)CCCC(C)NCc1cn(C)nc1C(C)C. The van der Waals surface area contributed by atoms with Crippen molar-refractivity contribution in [2.45, 2.75) is 66.0 Å². The van der Waals surface area contributed by atoms with Crippen molar-refractivity contribution in [1.82, 2.24) is 20.0 Å². The molecule has 0 radical (unpaired) electrons. The molecule has 0 aliphatic rings. The van der Waals surface area contributed by atoms with Gasteiger partial charge in [-0.1, -0.05) is 27.7 Å². The van der Waals surface area contributed by atoms with Crippen LogP contribution < -0.4 is 5.32 Å². The van der Waals surface area contributed by atoms with Crippen LogP contribution >= 0.6 is 0 Å². The first-order chi connectivity index (χ1) is 9.97. The smallest absolute Gasteiger partial charge is 0.0694 e. The average molecular weight is 294 g/mol. The number of aryl methyl sites for hydroxylation is 1. The van der Waals surface area contributed by atoms with E-state index in [0.29, 0.717) is 12.0 Å². The third-order valence-electron chi connectivity index (χ3n) is 4.13. The number of rotatable bonds is 10. The Kier molecular flexibility index (Phi) is 7.97. The van der Waals surface area contributed by atoms with E-state index in [9.17, 15) is 0 Å². The zero-order valence-corrected chi connectivity index (χ0v) is 14.8. The number of nitrogens with zero attached hydrogens (tertiary/aromatic N) is 3. The molecule has 0 aliphatic carbocycles. The van der Waals surface area contributed by atoms with E-state index in [1.54, 1.807) is 0 Å². The lowest BCUT2D eigenvalue weighted by Gasteiger charge is -2.20. The van der Waals surface area contributed by atoms with Crippen LogP contribution in [0.4, 0.5) is 0 Å². The molecule has 1 aromatic heterocycles. The minimum atomic E-state index is 0.487. The minimum Gasteiger partial charge on any atom is -0.310 e. The molecule has 1 aromatic rings. The van der Waals surface area contributed by atoms with Gasteiger partial charge in [0.05, 0.1) is 5.69 Å². The molecule has 122 valence electrons. The van der Waals surface area contributed by atoms with Crippen LogP contribution in [0.25, 0.3) is 0 Å². The van der Waals surface area contributed by atoms with E-state index >= 15 is 0 Å². The molecule has 0 aromatic carbocycles. The van der Waals surface area contributed by atoms with Gasteiger partial charge in [-0.05, 0) is 45.3 Å². The van der Waals surface area contributed by atoms with Crippen molar-refractivity contribution < 1.29 is 0 Å². The fraction of sp³-hybridized carbons (Fsp3) is 0.824. The molecule has 4 nitrogen and oxygen atoms in total. The summed E-state index contributed by atoms with van der Waals surface area (Å²) in [4.78, 5) is 2.49. The largest absolute Gasteiger partial charge is 0.310 e. The molecule has 0 aliphatic heterocycles. The third-order valence-corrected chi connectivity index (χ3v) is 4.13. The van der Waals surface area contributed by atoms with Crippen LogP contribution in [0.15, 0.2) is 6.20 Å². The highest BCUT2D eigenvalue weighted by Gasteiger charge is 2.12. The summed E-state index contributed by atoms with van der Waals surface area (Å²) in [5.41, 5.74) is 2.56. The molecule has 0 amide bonds. The van der Waals surface area contributed by atoms with Crippen LogP contribution in [0.5, 0.6) is 0 Å². The second-order valence-electron chi connectivity index (χ2n) is 6.32. The Labute approximate surface area is 130 Å². The van der Waals surface area contributed by atoms with Crippen molar-refractivity contribution in [2.24, 2.45) is 7.05 Å². The normalized spacial score (nSPS) is 13.3. The van der Waals surface area contributed by atoms with Crippen molar-refractivity contribution >= 4 is 0 Å². The number of hydrogen-bond donors (Lipinski definition) is 1. The monoisotopic (exact) mass is 294 g/mol. The lowest BCUT2D eigenvalue weighted by molar-refractivity contribution is 0.290. The lowest BCUT2D eigenvalue weighted by Crippen LogP contribution is -2.29. The Hall–Kier alpha value is -0.870. The van der Waals surface area contributed by atoms with E-state index in [-0.39, 0.29) is 0 Å². The van der Waals surface area contributed by atoms with Gasteiger partial charge in [0.25, 0.3) is 0 Å². The van der Waals surface area contributed by atoms with E-state index in [4.69, 9.17) is 0 Å². The zero-order valence-electron chi connectivity index (χ0n) is 14.8. The molecule has 1 unspecified atom stereocenters. The predicted molar refractivity (Wildman–Crippen MR) is 90.6 cm³/mol. The van der Waals surface area contributed by atoms with Crippen LogP contribution in [-0.2, 0) is 13.6 Å². The summed E-state index contributed by atoms with van der Waals surface area (Å²) in [6.07, 6.45) is 4.64. The molecular formula is C17H34N4. The van der Waals surface area contributed by atoms with Gasteiger partial charge in [0.2, 0.25) is 0 Å². The number of nitrogens with one attached hydrogen (secondary N) is 1. The molecule has 1 N–H and O–H groups in total. The average Bonchev–Trinajstić information content (AvgIpc) is 2.83. The summed E-state index contributed by atoms with van der Waals surface area (Å²) in [5.74, 6) is 0.487. The second kappa shape index (κ2) is 9.21. The van der Waals surface area contributed by atoms with E-state index in [0.717, 1.165) is 19.6 Å². The van der Waals surface area contributed by atoms with Crippen LogP contribution in [0.1, 0.15) is 64.6 Å². The van der Waals surface area contributed by atoms with Gasteiger partial charge in [0.15, 0.2) is 0 Å². The number of aromatic nitrogens is 2. The van der Waals surface area contributed by atoms with E-state index in [2.05, 4.69) is 56.1 Å². The summed E-state index contributed by atoms with van der Waals surface area (Å²) in [6, 6.07) is 0.556. The molecule has 1 heterocycles. The van der Waals surface area contributed by atoms with Crippen molar-refractivity contribution in [1.29, 1.82) is 0 Å². The Morgan fingerprint density at radius 2 is 1.90 bits per heavy atom. The highest BCUT2D eigenvalue weighted by atomic mass is 15.3. The van der Waals surface area contributed by atoms with Gasteiger partial charge in [-0.25, -0.2) is 0 Å². The Morgan fingerprint density at radius 3 is 2.48 bits per heavy atom. The fourth-order valence-corrected chi connectivity index (χ4v) is 2.72. The Balaban J connectivity index is 2.34. The van der Waals surface area contributed by atoms with E-state index in [1.807, 2.05) is 11.7 Å². The summed E-state index contributed by atoms with van der Waals surface area (Å²) in [7, 11) is 2.00. The van der Waals surface area contributed by atoms with Gasteiger partial charge < -0.3 is 10.2 Å². The molecule has 0 bridgehead atoms. The summed E-state index contributed by atoms with van der Waals surface area (Å²) < 4.78 is 1.93.